The summed E-state index contributed by atoms with van der Waals surface area (Å²) in [4.78, 5) is 8.29. The summed E-state index contributed by atoms with van der Waals surface area (Å²) in [6.45, 7) is 5.63. The van der Waals surface area contributed by atoms with Gasteiger partial charge in [-0.2, -0.15) is 5.26 Å². The molecule has 1 N–H and O–H groups in total. The Kier molecular flexibility index (Phi) is 6.61. The van der Waals surface area contributed by atoms with Gasteiger partial charge in [0.1, 0.15) is 11.8 Å². The fourth-order valence-electron chi connectivity index (χ4n) is 4.79. The van der Waals surface area contributed by atoms with E-state index in [9.17, 15) is 13.7 Å². The average Bonchev–Trinajstić information content (AvgIpc) is 3.12. The summed E-state index contributed by atoms with van der Waals surface area (Å²) in [5.41, 5.74) is 4.57. The molecule has 2 aromatic carbocycles. The molecule has 0 atom stereocenters. The Balaban J connectivity index is 1.60. The zero-order chi connectivity index (χ0) is 26.2. The number of ether oxygens (including phenoxy) is 1. The molecule has 9 heteroatoms. The first-order valence-corrected chi connectivity index (χ1v) is 14.1. The fraction of sp³-hybridized carbons (Fsp3) is 0.321. The zero-order valence-corrected chi connectivity index (χ0v) is 21.9. The Labute approximate surface area is 217 Å². The normalized spacial score (nSPS) is 13.9. The number of fused-ring (bicyclic) bond motifs is 1. The molecule has 1 saturated carbocycles. The molecule has 8 nitrogen and oxygen atoms in total. The van der Waals surface area contributed by atoms with Crippen LogP contribution in [0.4, 0.5) is 5.69 Å². The number of nitrogens with zero attached hydrogens (tertiary/aromatic N) is 4. The standard InChI is InChI=1S/C28H29N5O3S/c1-18(2)17-37(34,35)32-25-11-8-20(14-19(25)3)27-24(16-29)23-10-9-22(36-28-30-12-5-13-31-28)15-26(23)33(27)21-6-4-7-21/h5,8-15,18,21,32H,4,6-7,17H2,1-3H3. The quantitative estimate of drug-likeness (QED) is 0.299. The van der Waals surface area contributed by atoms with Crippen LogP contribution in [0.1, 0.15) is 50.3 Å². The van der Waals surface area contributed by atoms with Gasteiger partial charge >= 0.3 is 6.01 Å². The summed E-state index contributed by atoms with van der Waals surface area (Å²) in [5, 5.41) is 11.1. The molecule has 2 aromatic heterocycles. The molecule has 0 aliphatic heterocycles. The van der Waals surface area contributed by atoms with Crippen molar-refractivity contribution in [2.45, 2.75) is 46.1 Å². The monoisotopic (exact) mass is 515 g/mol. The van der Waals surface area contributed by atoms with E-state index in [1.807, 2.05) is 51.1 Å². The number of aryl methyl sites for hydroxylation is 1. The van der Waals surface area contributed by atoms with E-state index in [2.05, 4.69) is 25.3 Å². The second-order valence-electron chi connectivity index (χ2n) is 9.91. The highest BCUT2D eigenvalue weighted by atomic mass is 32.2. The van der Waals surface area contributed by atoms with E-state index < -0.39 is 10.0 Å². The minimum Gasteiger partial charge on any atom is -0.424 e. The van der Waals surface area contributed by atoms with E-state index in [-0.39, 0.29) is 23.7 Å². The Bertz CT molecular complexity index is 1600. The first kappa shape index (κ1) is 24.8. The number of sulfonamides is 1. The molecule has 0 bridgehead atoms. The molecular formula is C28H29N5O3S. The molecule has 1 aliphatic carbocycles. The number of hydrogen-bond acceptors (Lipinski definition) is 6. The van der Waals surface area contributed by atoms with Crippen LogP contribution in [0.15, 0.2) is 54.9 Å². The molecule has 1 aliphatic rings. The van der Waals surface area contributed by atoms with Crippen LogP contribution in [-0.2, 0) is 10.0 Å². The molecule has 0 radical (unpaired) electrons. The van der Waals surface area contributed by atoms with Crippen LogP contribution >= 0.6 is 0 Å². The second kappa shape index (κ2) is 9.87. The number of aromatic nitrogens is 3. The van der Waals surface area contributed by atoms with Gasteiger partial charge in [-0.3, -0.25) is 4.72 Å². The van der Waals surface area contributed by atoms with Crippen LogP contribution in [0, 0.1) is 24.2 Å². The first-order chi connectivity index (χ1) is 17.8. The predicted molar refractivity (Wildman–Crippen MR) is 144 cm³/mol. The van der Waals surface area contributed by atoms with Crippen molar-refractivity contribution in [2.24, 2.45) is 5.92 Å². The van der Waals surface area contributed by atoms with E-state index >= 15 is 0 Å². The molecule has 0 spiro atoms. The van der Waals surface area contributed by atoms with Gasteiger partial charge in [0, 0.05) is 29.9 Å². The third-order valence-electron chi connectivity index (χ3n) is 6.60. The van der Waals surface area contributed by atoms with Crippen LogP contribution < -0.4 is 9.46 Å². The molecule has 37 heavy (non-hydrogen) atoms. The van der Waals surface area contributed by atoms with Gasteiger partial charge in [0.15, 0.2) is 0 Å². The van der Waals surface area contributed by atoms with E-state index in [4.69, 9.17) is 4.74 Å². The maximum Gasteiger partial charge on any atom is 0.321 e. The smallest absolute Gasteiger partial charge is 0.321 e. The van der Waals surface area contributed by atoms with Crippen molar-refractivity contribution < 1.29 is 13.2 Å². The lowest BCUT2D eigenvalue weighted by Crippen LogP contribution is -2.20. The predicted octanol–water partition coefficient (Wildman–Crippen LogP) is 6.19. The Hall–Kier alpha value is -3.90. The molecule has 4 aromatic rings. The minimum absolute atomic E-state index is 0.0239. The van der Waals surface area contributed by atoms with Crippen LogP contribution in [0.3, 0.4) is 0 Å². The lowest BCUT2D eigenvalue weighted by molar-refractivity contribution is 0.324. The van der Waals surface area contributed by atoms with Crippen LogP contribution in [0.5, 0.6) is 11.8 Å². The van der Waals surface area contributed by atoms with Crippen molar-refractivity contribution in [3.8, 4) is 29.1 Å². The van der Waals surface area contributed by atoms with E-state index in [1.54, 1.807) is 24.5 Å². The Morgan fingerprint density at radius 2 is 1.92 bits per heavy atom. The lowest BCUT2D eigenvalue weighted by atomic mass is 9.92. The zero-order valence-electron chi connectivity index (χ0n) is 21.1. The average molecular weight is 516 g/mol. The Morgan fingerprint density at radius 1 is 1.16 bits per heavy atom. The molecule has 1 fully saturated rings. The highest BCUT2D eigenvalue weighted by Gasteiger charge is 2.28. The SMILES string of the molecule is Cc1cc(-c2c(C#N)c3ccc(Oc4ncccn4)cc3n2C2CCC2)ccc1NS(=O)(=O)CC(C)C. The van der Waals surface area contributed by atoms with Crippen molar-refractivity contribution in [3.05, 3.63) is 66.0 Å². The van der Waals surface area contributed by atoms with Crippen molar-refractivity contribution in [2.75, 3.05) is 10.5 Å². The fourth-order valence-corrected chi connectivity index (χ4v) is 6.32. The number of rotatable bonds is 8. The number of nitriles is 1. The van der Waals surface area contributed by atoms with Gasteiger partial charge in [-0.05, 0) is 73.6 Å². The van der Waals surface area contributed by atoms with Crippen molar-refractivity contribution in [1.82, 2.24) is 14.5 Å². The summed E-state index contributed by atoms with van der Waals surface area (Å²) in [6, 6.07) is 16.0. The van der Waals surface area contributed by atoms with Crippen LogP contribution in [0.25, 0.3) is 22.2 Å². The van der Waals surface area contributed by atoms with Gasteiger partial charge in [0.2, 0.25) is 10.0 Å². The van der Waals surface area contributed by atoms with Crippen molar-refractivity contribution >= 4 is 26.6 Å². The van der Waals surface area contributed by atoms with E-state index in [1.165, 1.54) is 0 Å². The maximum absolute atomic E-state index is 12.5. The lowest BCUT2D eigenvalue weighted by Gasteiger charge is -2.30. The van der Waals surface area contributed by atoms with Crippen LogP contribution in [-0.4, -0.2) is 28.7 Å². The van der Waals surface area contributed by atoms with Gasteiger partial charge in [0.25, 0.3) is 0 Å². The topological polar surface area (TPSA) is 110 Å². The van der Waals surface area contributed by atoms with Gasteiger partial charge in [0.05, 0.1) is 28.2 Å². The summed E-state index contributed by atoms with van der Waals surface area (Å²) in [5.74, 6) is 0.677. The van der Waals surface area contributed by atoms with Crippen molar-refractivity contribution in [1.29, 1.82) is 5.26 Å². The molecule has 190 valence electrons. The highest BCUT2D eigenvalue weighted by molar-refractivity contribution is 7.92. The summed E-state index contributed by atoms with van der Waals surface area (Å²) in [6.07, 6.45) is 6.44. The number of hydrogen-bond donors (Lipinski definition) is 1. The third kappa shape index (κ3) is 5.02. The molecule has 0 saturated heterocycles. The van der Waals surface area contributed by atoms with Gasteiger partial charge < -0.3 is 9.30 Å². The third-order valence-corrected chi connectivity index (χ3v) is 8.23. The number of benzene rings is 2. The van der Waals surface area contributed by atoms with E-state index in [0.29, 0.717) is 17.0 Å². The van der Waals surface area contributed by atoms with Gasteiger partial charge in [-0.15, -0.1) is 0 Å². The first-order valence-electron chi connectivity index (χ1n) is 12.4. The summed E-state index contributed by atoms with van der Waals surface area (Å²) < 4.78 is 35.9. The van der Waals surface area contributed by atoms with Gasteiger partial charge in [-0.1, -0.05) is 19.9 Å². The molecular weight excluding hydrogens is 486 g/mol. The summed E-state index contributed by atoms with van der Waals surface area (Å²) >= 11 is 0. The second-order valence-corrected chi connectivity index (χ2v) is 11.7. The molecule has 2 heterocycles. The Morgan fingerprint density at radius 3 is 2.54 bits per heavy atom. The highest BCUT2D eigenvalue weighted by Crippen LogP contribution is 2.44. The molecule has 0 amide bonds. The minimum atomic E-state index is -3.45. The number of anilines is 1. The number of nitrogens with one attached hydrogen (secondary N) is 1. The maximum atomic E-state index is 12.5. The molecule has 5 rings (SSSR count). The molecule has 0 unspecified atom stereocenters. The van der Waals surface area contributed by atoms with E-state index in [0.717, 1.165) is 47.0 Å². The largest absolute Gasteiger partial charge is 0.424 e. The van der Waals surface area contributed by atoms with Gasteiger partial charge in [-0.25, -0.2) is 18.4 Å². The van der Waals surface area contributed by atoms with Crippen molar-refractivity contribution in [3.63, 3.8) is 0 Å². The van der Waals surface area contributed by atoms with Crippen LogP contribution in [0.2, 0.25) is 0 Å². The summed E-state index contributed by atoms with van der Waals surface area (Å²) in [7, 11) is -3.45.